The van der Waals surface area contributed by atoms with Gasteiger partial charge in [-0.25, -0.2) is 0 Å². The van der Waals surface area contributed by atoms with Gasteiger partial charge in [-0.2, -0.15) is 0 Å². The van der Waals surface area contributed by atoms with Crippen LogP contribution in [0.1, 0.15) is 34.6 Å². The molecule has 9 heteroatoms. The lowest BCUT2D eigenvalue weighted by atomic mass is 9.94. The molecule has 1 aliphatic heterocycles. The van der Waals surface area contributed by atoms with Gasteiger partial charge in [-0.1, -0.05) is 0 Å². The van der Waals surface area contributed by atoms with Crippen LogP contribution < -0.4 is 0 Å². The topological polar surface area (TPSA) is 114 Å². The first kappa shape index (κ1) is 18.9. The van der Waals surface area contributed by atoms with Gasteiger partial charge in [0.25, 0.3) is 0 Å². The highest BCUT2D eigenvalue weighted by Gasteiger charge is 2.60. The van der Waals surface area contributed by atoms with Crippen LogP contribution in [0.3, 0.4) is 0 Å². The minimum absolute atomic E-state index is 0.269. The SMILES string of the molecule is CC(=O)OC[C@H]1OC(OC(C)=O)[C@H](OC(C)=O)[C@@]1(C)OC(C)=O. The second-order valence-corrected chi connectivity index (χ2v) is 5.21. The number of carbonyl (C=O) groups excluding carboxylic acids is 4. The standard InChI is InChI=1S/C14H20O9/c1-7(15)19-6-11-14(5,23-10(4)18)12(20-8(2)16)13(22-11)21-9(3)17/h11-13H,6H2,1-5H3/t11-,12+,13?,14+/m1/s1. The molecule has 1 unspecified atom stereocenters. The van der Waals surface area contributed by atoms with Crippen molar-refractivity contribution in [3.8, 4) is 0 Å². The molecule has 130 valence electrons. The molecule has 1 aliphatic rings. The van der Waals surface area contributed by atoms with E-state index >= 15 is 0 Å². The summed E-state index contributed by atoms with van der Waals surface area (Å²) in [5.41, 5.74) is -1.49. The highest BCUT2D eigenvalue weighted by molar-refractivity contribution is 5.69. The second kappa shape index (κ2) is 7.40. The van der Waals surface area contributed by atoms with E-state index < -0.39 is 48.0 Å². The van der Waals surface area contributed by atoms with E-state index in [1.165, 1.54) is 13.8 Å². The Bertz CT molecular complexity index is 500. The zero-order valence-corrected chi connectivity index (χ0v) is 13.6. The highest BCUT2D eigenvalue weighted by atomic mass is 16.8. The summed E-state index contributed by atoms with van der Waals surface area (Å²) in [6.45, 7) is 5.84. The molecule has 1 saturated heterocycles. The number of ether oxygens (including phenoxy) is 5. The van der Waals surface area contributed by atoms with E-state index in [9.17, 15) is 19.2 Å². The van der Waals surface area contributed by atoms with Gasteiger partial charge in [0, 0.05) is 27.7 Å². The van der Waals surface area contributed by atoms with E-state index in [-0.39, 0.29) is 6.61 Å². The highest BCUT2D eigenvalue weighted by Crippen LogP contribution is 2.37. The fourth-order valence-corrected chi connectivity index (χ4v) is 2.26. The molecule has 1 fully saturated rings. The molecule has 0 N–H and O–H groups in total. The van der Waals surface area contributed by atoms with Crippen molar-refractivity contribution in [1.29, 1.82) is 0 Å². The Morgan fingerprint density at radius 3 is 1.91 bits per heavy atom. The zero-order chi connectivity index (χ0) is 17.8. The van der Waals surface area contributed by atoms with Crippen LogP contribution in [-0.4, -0.2) is 54.6 Å². The molecule has 0 amide bonds. The van der Waals surface area contributed by atoms with E-state index in [1.807, 2.05) is 0 Å². The smallest absolute Gasteiger partial charge is 0.305 e. The molecular weight excluding hydrogens is 312 g/mol. The lowest BCUT2D eigenvalue weighted by Gasteiger charge is -2.32. The van der Waals surface area contributed by atoms with Crippen molar-refractivity contribution in [3.63, 3.8) is 0 Å². The average molecular weight is 332 g/mol. The molecule has 9 nitrogen and oxygen atoms in total. The van der Waals surface area contributed by atoms with E-state index in [4.69, 9.17) is 23.7 Å². The molecule has 0 aromatic rings. The minimum Gasteiger partial charge on any atom is -0.463 e. The van der Waals surface area contributed by atoms with E-state index in [2.05, 4.69) is 0 Å². The van der Waals surface area contributed by atoms with Crippen LogP contribution in [0, 0.1) is 0 Å². The van der Waals surface area contributed by atoms with Crippen molar-refractivity contribution >= 4 is 23.9 Å². The molecule has 0 aromatic heterocycles. The Kier molecular flexibility index (Phi) is 6.08. The van der Waals surface area contributed by atoms with Gasteiger partial charge < -0.3 is 23.7 Å². The molecule has 0 aromatic carbocycles. The molecule has 1 rings (SSSR count). The molecule has 0 bridgehead atoms. The van der Waals surface area contributed by atoms with Gasteiger partial charge in [0.05, 0.1) is 0 Å². The lowest BCUT2D eigenvalue weighted by Crippen LogP contribution is -2.52. The van der Waals surface area contributed by atoms with Crippen LogP contribution in [0.4, 0.5) is 0 Å². The second-order valence-electron chi connectivity index (χ2n) is 5.21. The number of esters is 4. The molecule has 0 spiro atoms. The first-order chi connectivity index (χ1) is 10.6. The van der Waals surface area contributed by atoms with E-state index in [1.54, 1.807) is 0 Å². The Labute approximate surface area is 133 Å². The summed E-state index contributed by atoms with van der Waals surface area (Å²) in [5.74, 6) is -2.59. The van der Waals surface area contributed by atoms with Gasteiger partial charge in [0.1, 0.15) is 12.7 Å². The summed E-state index contributed by atoms with van der Waals surface area (Å²) in [4.78, 5) is 44.9. The third-order valence-corrected chi connectivity index (χ3v) is 3.13. The summed E-state index contributed by atoms with van der Waals surface area (Å²) in [7, 11) is 0. The van der Waals surface area contributed by atoms with Crippen LogP contribution >= 0.6 is 0 Å². The summed E-state index contributed by atoms with van der Waals surface area (Å²) in [5, 5.41) is 0. The summed E-state index contributed by atoms with van der Waals surface area (Å²) in [6.07, 6.45) is -3.47. The third kappa shape index (κ3) is 4.92. The Morgan fingerprint density at radius 2 is 1.48 bits per heavy atom. The van der Waals surface area contributed by atoms with Crippen molar-refractivity contribution < 1.29 is 42.9 Å². The molecule has 0 radical (unpaired) electrons. The monoisotopic (exact) mass is 332 g/mol. The minimum atomic E-state index is -1.49. The number of rotatable bonds is 5. The van der Waals surface area contributed by atoms with Crippen molar-refractivity contribution in [3.05, 3.63) is 0 Å². The van der Waals surface area contributed by atoms with Crippen LogP contribution in [0.2, 0.25) is 0 Å². The Balaban J connectivity index is 3.12. The fourth-order valence-electron chi connectivity index (χ4n) is 2.26. The summed E-state index contributed by atoms with van der Waals surface area (Å²) < 4.78 is 25.7. The van der Waals surface area contributed by atoms with Gasteiger partial charge >= 0.3 is 23.9 Å². The first-order valence-corrected chi connectivity index (χ1v) is 6.89. The number of carbonyl (C=O) groups is 4. The van der Waals surface area contributed by atoms with Crippen LogP contribution in [0.5, 0.6) is 0 Å². The summed E-state index contributed by atoms with van der Waals surface area (Å²) >= 11 is 0. The van der Waals surface area contributed by atoms with Gasteiger partial charge in [0.2, 0.25) is 12.4 Å². The Hall–Kier alpha value is -2.16. The number of hydrogen-bond acceptors (Lipinski definition) is 9. The van der Waals surface area contributed by atoms with Crippen LogP contribution in [0.25, 0.3) is 0 Å². The van der Waals surface area contributed by atoms with Crippen LogP contribution in [-0.2, 0) is 42.9 Å². The molecule has 23 heavy (non-hydrogen) atoms. The lowest BCUT2D eigenvalue weighted by molar-refractivity contribution is -0.199. The maximum Gasteiger partial charge on any atom is 0.305 e. The van der Waals surface area contributed by atoms with Gasteiger partial charge in [-0.05, 0) is 6.92 Å². The summed E-state index contributed by atoms with van der Waals surface area (Å²) in [6, 6.07) is 0. The van der Waals surface area contributed by atoms with Crippen molar-refractivity contribution in [2.24, 2.45) is 0 Å². The normalized spacial score (nSPS) is 29.5. The Morgan fingerprint density at radius 1 is 0.913 bits per heavy atom. The maximum absolute atomic E-state index is 11.4. The third-order valence-electron chi connectivity index (χ3n) is 3.13. The largest absolute Gasteiger partial charge is 0.463 e. The van der Waals surface area contributed by atoms with E-state index in [0.717, 1.165) is 20.8 Å². The van der Waals surface area contributed by atoms with Crippen molar-refractivity contribution in [1.82, 2.24) is 0 Å². The van der Waals surface area contributed by atoms with Gasteiger partial charge in [-0.3, -0.25) is 19.2 Å². The molecule has 0 aliphatic carbocycles. The predicted octanol–water partition coefficient (Wildman–Crippen LogP) is 0.0910. The van der Waals surface area contributed by atoms with Gasteiger partial charge in [0.15, 0.2) is 5.60 Å². The van der Waals surface area contributed by atoms with Crippen molar-refractivity contribution in [2.75, 3.05) is 6.61 Å². The predicted molar refractivity (Wildman–Crippen MR) is 72.8 cm³/mol. The number of hydrogen-bond donors (Lipinski definition) is 0. The van der Waals surface area contributed by atoms with Crippen LogP contribution in [0.15, 0.2) is 0 Å². The quantitative estimate of drug-likeness (QED) is 0.510. The molecule has 0 saturated carbocycles. The maximum atomic E-state index is 11.4. The van der Waals surface area contributed by atoms with Crippen molar-refractivity contribution in [2.45, 2.75) is 58.7 Å². The molecule has 1 heterocycles. The molecular formula is C14H20O9. The first-order valence-electron chi connectivity index (χ1n) is 6.89. The van der Waals surface area contributed by atoms with E-state index in [0.29, 0.717) is 0 Å². The average Bonchev–Trinajstić information content (AvgIpc) is 2.59. The molecule has 4 atom stereocenters. The zero-order valence-electron chi connectivity index (χ0n) is 13.6. The van der Waals surface area contributed by atoms with Gasteiger partial charge in [-0.15, -0.1) is 0 Å². The fraction of sp³-hybridized carbons (Fsp3) is 0.714.